The number of nitrogens with zero attached hydrogens (tertiary/aromatic N) is 3. The van der Waals surface area contributed by atoms with Crippen molar-refractivity contribution in [3.63, 3.8) is 0 Å². The first-order chi connectivity index (χ1) is 13.7. The predicted molar refractivity (Wildman–Crippen MR) is 107 cm³/mol. The summed E-state index contributed by atoms with van der Waals surface area (Å²) in [5.41, 5.74) is -0.858. The molecule has 1 aromatic rings. The number of piperidine rings is 2. The highest BCUT2D eigenvalue weighted by Crippen LogP contribution is 2.34. The summed E-state index contributed by atoms with van der Waals surface area (Å²) in [5, 5.41) is 3.02. The predicted octanol–water partition coefficient (Wildman–Crippen LogP) is 3.82. The maximum Gasteiger partial charge on any atom is 0.417 e. The van der Waals surface area contributed by atoms with Gasteiger partial charge in [-0.1, -0.05) is 18.5 Å². The van der Waals surface area contributed by atoms with Gasteiger partial charge < -0.3 is 15.1 Å². The fraction of sp³-hybridized carbons (Fsp3) is 0.700. The zero-order valence-corrected chi connectivity index (χ0v) is 17.4. The third-order valence-electron chi connectivity index (χ3n) is 5.78. The summed E-state index contributed by atoms with van der Waals surface area (Å²) >= 11 is 6.03. The first kappa shape index (κ1) is 22.2. The van der Waals surface area contributed by atoms with Gasteiger partial charge in [0.2, 0.25) is 5.91 Å². The SMILES string of the molecule is CC1CCCN(CCNC(=O)C2CCN(c3ncc(C(F)(F)F)cc3Cl)CC2)C1. The standard InChI is InChI=1S/C20H28ClF3N4O/c1-14-3-2-7-27(13-14)10-6-25-19(29)15-4-8-28(9-5-15)18-17(21)11-16(12-26-18)20(22,23)24/h11-12,14-15H,2-10,13H2,1H3,(H,25,29). The lowest BCUT2D eigenvalue weighted by atomic mass is 9.96. The molecule has 3 heterocycles. The Bertz CT molecular complexity index is 707. The zero-order chi connectivity index (χ0) is 21.0. The summed E-state index contributed by atoms with van der Waals surface area (Å²) in [5.74, 6) is 1.04. The Balaban J connectivity index is 1.44. The molecule has 0 saturated carbocycles. The lowest BCUT2D eigenvalue weighted by Gasteiger charge is -2.33. The summed E-state index contributed by atoms with van der Waals surface area (Å²) in [6.07, 6.45) is 0.0958. The molecule has 0 bridgehead atoms. The quantitative estimate of drug-likeness (QED) is 0.768. The normalized spacial score (nSPS) is 22.0. The van der Waals surface area contributed by atoms with E-state index in [9.17, 15) is 18.0 Å². The van der Waals surface area contributed by atoms with Gasteiger partial charge in [-0.3, -0.25) is 4.79 Å². The fourth-order valence-corrected chi connectivity index (χ4v) is 4.43. The Morgan fingerprint density at radius 3 is 2.62 bits per heavy atom. The largest absolute Gasteiger partial charge is 0.417 e. The van der Waals surface area contributed by atoms with E-state index in [4.69, 9.17) is 11.6 Å². The van der Waals surface area contributed by atoms with Crippen molar-refractivity contribution in [3.8, 4) is 0 Å². The monoisotopic (exact) mass is 432 g/mol. The highest BCUT2D eigenvalue weighted by atomic mass is 35.5. The summed E-state index contributed by atoms with van der Waals surface area (Å²) in [4.78, 5) is 20.6. The molecule has 1 unspecified atom stereocenters. The van der Waals surface area contributed by atoms with E-state index in [1.165, 1.54) is 12.8 Å². The second kappa shape index (κ2) is 9.51. The summed E-state index contributed by atoms with van der Waals surface area (Å²) < 4.78 is 38.3. The Hall–Kier alpha value is -1.54. The summed E-state index contributed by atoms with van der Waals surface area (Å²) in [6, 6.07) is 0.907. The minimum Gasteiger partial charge on any atom is -0.355 e. The third-order valence-corrected chi connectivity index (χ3v) is 6.06. The number of nitrogens with one attached hydrogen (secondary N) is 1. The van der Waals surface area contributed by atoms with Crippen molar-refractivity contribution in [3.05, 3.63) is 22.8 Å². The van der Waals surface area contributed by atoms with Gasteiger partial charge in [0, 0.05) is 44.8 Å². The number of hydrogen-bond donors (Lipinski definition) is 1. The number of pyridine rings is 1. The smallest absolute Gasteiger partial charge is 0.355 e. The van der Waals surface area contributed by atoms with Crippen LogP contribution in [0.25, 0.3) is 0 Å². The molecule has 1 atom stereocenters. The molecule has 9 heteroatoms. The number of aromatic nitrogens is 1. The Morgan fingerprint density at radius 1 is 1.28 bits per heavy atom. The first-order valence-corrected chi connectivity index (χ1v) is 10.6. The molecule has 2 saturated heterocycles. The van der Waals surface area contributed by atoms with Gasteiger partial charge in [-0.2, -0.15) is 13.2 Å². The van der Waals surface area contributed by atoms with Gasteiger partial charge in [-0.25, -0.2) is 4.98 Å². The summed E-state index contributed by atoms with van der Waals surface area (Å²) in [6.45, 7) is 7.06. The van der Waals surface area contributed by atoms with Crippen molar-refractivity contribution in [2.45, 2.75) is 38.8 Å². The van der Waals surface area contributed by atoms with Gasteiger partial charge in [0.25, 0.3) is 0 Å². The zero-order valence-electron chi connectivity index (χ0n) is 16.6. The Morgan fingerprint density at radius 2 is 2.00 bits per heavy atom. The molecule has 1 N–H and O–H groups in total. The average Bonchev–Trinajstić information content (AvgIpc) is 2.67. The highest BCUT2D eigenvalue weighted by molar-refractivity contribution is 6.33. The van der Waals surface area contributed by atoms with Gasteiger partial charge in [0.1, 0.15) is 5.82 Å². The van der Waals surface area contributed by atoms with E-state index in [0.29, 0.717) is 38.3 Å². The second-order valence-electron chi connectivity index (χ2n) is 8.13. The maximum absolute atomic E-state index is 12.8. The number of alkyl halides is 3. The first-order valence-electron chi connectivity index (χ1n) is 10.2. The molecule has 0 aromatic carbocycles. The second-order valence-corrected chi connectivity index (χ2v) is 8.53. The van der Waals surface area contributed by atoms with E-state index >= 15 is 0 Å². The van der Waals surface area contributed by atoms with E-state index in [1.54, 1.807) is 0 Å². The van der Waals surface area contributed by atoms with Crippen LogP contribution < -0.4 is 10.2 Å². The van der Waals surface area contributed by atoms with Crippen LogP contribution in [0.5, 0.6) is 0 Å². The molecule has 29 heavy (non-hydrogen) atoms. The Labute approximate surface area is 174 Å². The fourth-order valence-electron chi connectivity index (χ4n) is 4.14. The maximum atomic E-state index is 12.8. The van der Waals surface area contributed by atoms with Gasteiger partial charge in [0.05, 0.1) is 10.6 Å². The number of carbonyl (C=O) groups excluding carboxylic acids is 1. The topological polar surface area (TPSA) is 48.5 Å². The molecular formula is C20H28ClF3N4O. The molecule has 2 fully saturated rings. The van der Waals surface area contributed by atoms with E-state index < -0.39 is 11.7 Å². The van der Waals surface area contributed by atoms with Crippen molar-refractivity contribution in [2.24, 2.45) is 11.8 Å². The third kappa shape index (κ3) is 5.98. The van der Waals surface area contributed by atoms with Crippen molar-refractivity contribution < 1.29 is 18.0 Å². The molecule has 0 spiro atoms. The van der Waals surface area contributed by atoms with Crippen LogP contribution in [0.15, 0.2) is 12.3 Å². The van der Waals surface area contributed by atoms with E-state index in [1.807, 2.05) is 4.90 Å². The van der Waals surface area contributed by atoms with Crippen LogP contribution in [0.1, 0.15) is 38.2 Å². The number of hydrogen-bond acceptors (Lipinski definition) is 4. The number of amides is 1. The number of carbonyl (C=O) groups is 1. The van der Waals surface area contributed by atoms with Crippen molar-refractivity contribution in [1.29, 1.82) is 0 Å². The molecule has 1 amide bonds. The van der Waals surface area contributed by atoms with Crippen LogP contribution in [-0.4, -0.2) is 55.1 Å². The minimum atomic E-state index is -4.47. The highest BCUT2D eigenvalue weighted by Gasteiger charge is 2.33. The van der Waals surface area contributed by atoms with Crippen LogP contribution in [0.4, 0.5) is 19.0 Å². The molecule has 0 radical (unpaired) electrons. The Kier molecular flexibility index (Phi) is 7.27. The molecule has 1 aromatic heterocycles. The van der Waals surface area contributed by atoms with E-state index in [2.05, 4.69) is 22.1 Å². The van der Waals surface area contributed by atoms with Crippen LogP contribution in [0.3, 0.4) is 0 Å². The molecule has 3 rings (SSSR count). The van der Waals surface area contributed by atoms with Gasteiger partial charge in [0.15, 0.2) is 0 Å². The van der Waals surface area contributed by atoms with Gasteiger partial charge in [-0.05, 0) is 44.2 Å². The molecule has 0 aliphatic carbocycles. The number of halogens is 4. The van der Waals surface area contributed by atoms with Crippen molar-refractivity contribution >= 4 is 23.3 Å². The lowest BCUT2D eigenvalue weighted by molar-refractivity contribution is -0.137. The van der Waals surface area contributed by atoms with Crippen molar-refractivity contribution in [2.75, 3.05) is 44.2 Å². The molecule has 2 aliphatic heterocycles. The summed E-state index contributed by atoms with van der Waals surface area (Å²) in [7, 11) is 0. The molecule has 2 aliphatic rings. The van der Waals surface area contributed by atoms with Crippen LogP contribution in [-0.2, 0) is 11.0 Å². The average molecular weight is 433 g/mol. The van der Waals surface area contributed by atoms with Crippen LogP contribution >= 0.6 is 11.6 Å². The van der Waals surface area contributed by atoms with E-state index in [-0.39, 0.29) is 16.8 Å². The molecule has 5 nitrogen and oxygen atoms in total. The minimum absolute atomic E-state index is 0.0153. The van der Waals surface area contributed by atoms with Gasteiger partial charge in [-0.15, -0.1) is 0 Å². The lowest BCUT2D eigenvalue weighted by Crippen LogP contribution is -2.44. The molecular weight excluding hydrogens is 405 g/mol. The van der Waals surface area contributed by atoms with Gasteiger partial charge >= 0.3 is 6.18 Å². The van der Waals surface area contributed by atoms with Crippen LogP contribution in [0, 0.1) is 11.8 Å². The van der Waals surface area contributed by atoms with E-state index in [0.717, 1.165) is 37.8 Å². The molecule has 162 valence electrons. The number of likely N-dealkylation sites (tertiary alicyclic amines) is 1. The van der Waals surface area contributed by atoms with Crippen LogP contribution in [0.2, 0.25) is 5.02 Å². The number of rotatable bonds is 5. The number of anilines is 1. The van der Waals surface area contributed by atoms with Crippen molar-refractivity contribution in [1.82, 2.24) is 15.2 Å².